The molecule has 17 heavy (non-hydrogen) atoms. The monoisotopic (exact) mass is 236 g/mol. The minimum atomic E-state index is 0.180. The topological polar surface area (TPSA) is 61.0 Å². The smallest absolute Gasteiger partial charge is 0.219 e. The van der Waals surface area contributed by atoms with Crippen LogP contribution in [0.15, 0.2) is 0 Å². The Morgan fingerprint density at radius 3 is 2.53 bits per heavy atom. The fraction of sp³-hybridized carbons (Fsp3) is 0.667. The molecule has 2 N–H and O–H groups in total. The lowest BCUT2D eigenvalue weighted by Gasteiger charge is -2.32. The molecule has 1 aromatic heterocycles. The molecule has 1 aliphatic heterocycles. The zero-order valence-corrected chi connectivity index (χ0v) is 10.7. The van der Waals surface area contributed by atoms with Crippen LogP contribution in [-0.2, 0) is 4.79 Å². The number of aromatic amines is 1. The predicted octanol–water partition coefficient (Wildman–Crippen LogP) is 1.45. The molecule has 0 radical (unpaired) electrons. The van der Waals surface area contributed by atoms with Crippen molar-refractivity contribution in [2.75, 3.05) is 18.4 Å². The molecule has 0 spiro atoms. The molecule has 0 bridgehead atoms. The van der Waals surface area contributed by atoms with Crippen molar-refractivity contribution in [3.63, 3.8) is 0 Å². The Morgan fingerprint density at radius 2 is 2.06 bits per heavy atom. The van der Waals surface area contributed by atoms with Crippen LogP contribution < -0.4 is 5.32 Å². The average Bonchev–Trinajstić information content (AvgIpc) is 2.61. The van der Waals surface area contributed by atoms with Gasteiger partial charge in [-0.05, 0) is 26.7 Å². The molecular formula is C12H20N4O. The number of piperidine rings is 1. The summed E-state index contributed by atoms with van der Waals surface area (Å²) < 4.78 is 0. The fourth-order valence-corrected chi connectivity index (χ4v) is 2.31. The van der Waals surface area contributed by atoms with Crippen molar-refractivity contribution in [1.82, 2.24) is 15.1 Å². The number of aromatic nitrogens is 2. The Balaban J connectivity index is 1.92. The highest BCUT2D eigenvalue weighted by molar-refractivity contribution is 5.73. The lowest BCUT2D eigenvalue weighted by Crippen LogP contribution is -2.41. The second-order valence-corrected chi connectivity index (χ2v) is 4.73. The zero-order chi connectivity index (χ0) is 12.4. The van der Waals surface area contributed by atoms with Crippen molar-refractivity contribution < 1.29 is 4.79 Å². The Labute approximate surface area is 102 Å². The van der Waals surface area contributed by atoms with Crippen molar-refractivity contribution in [2.45, 2.75) is 39.7 Å². The first-order chi connectivity index (χ1) is 8.08. The molecule has 1 fully saturated rings. The van der Waals surface area contributed by atoms with E-state index in [1.165, 1.54) is 0 Å². The van der Waals surface area contributed by atoms with Gasteiger partial charge in [0, 0.05) is 26.1 Å². The number of H-pyrrole nitrogens is 1. The molecule has 2 rings (SSSR count). The summed E-state index contributed by atoms with van der Waals surface area (Å²) in [6, 6.07) is 0.445. The maximum Gasteiger partial charge on any atom is 0.219 e. The van der Waals surface area contributed by atoms with Crippen LogP contribution in [0.4, 0.5) is 5.69 Å². The minimum absolute atomic E-state index is 0.180. The summed E-state index contributed by atoms with van der Waals surface area (Å²) >= 11 is 0. The maximum atomic E-state index is 11.2. The Morgan fingerprint density at radius 1 is 1.41 bits per heavy atom. The molecule has 1 amide bonds. The standard InChI is InChI=1S/C12H20N4O/c1-8-12(9(2)15-14-8)13-11-4-6-16(7-5-11)10(3)17/h11,13H,4-7H2,1-3H3,(H,14,15). The minimum Gasteiger partial charge on any atom is -0.379 e. The summed E-state index contributed by atoms with van der Waals surface area (Å²) in [6.45, 7) is 7.35. The molecule has 0 atom stereocenters. The van der Waals surface area contributed by atoms with Gasteiger partial charge in [0.15, 0.2) is 0 Å². The molecular weight excluding hydrogens is 216 g/mol. The number of hydrogen-bond acceptors (Lipinski definition) is 3. The van der Waals surface area contributed by atoms with E-state index in [0.717, 1.165) is 43.0 Å². The van der Waals surface area contributed by atoms with Crippen LogP contribution in [0.5, 0.6) is 0 Å². The molecule has 2 heterocycles. The van der Waals surface area contributed by atoms with Gasteiger partial charge in [0.05, 0.1) is 17.1 Å². The molecule has 5 heteroatoms. The van der Waals surface area contributed by atoms with Crippen LogP contribution in [0.1, 0.15) is 31.2 Å². The molecule has 0 saturated carbocycles. The van der Waals surface area contributed by atoms with Crippen LogP contribution in [0.3, 0.4) is 0 Å². The average molecular weight is 236 g/mol. The number of rotatable bonds is 2. The summed E-state index contributed by atoms with van der Waals surface area (Å²) in [6.07, 6.45) is 2.01. The van der Waals surface area contributed by atoms with Crippen molar-refractivity contribution >= 4 is 11.6 Å². The van der Waals surface area contributed by atoms with E-state index in [9.17, 15) is 4.79 Å². The fourth-order valence-electron chi connectivity index (χ4n) is 2.31. The second kappa shape index (κ2) is 4.77. The highest BCUT2D eigenvalue weighted by atomic mass is 16.2. The van der Waals surface area contributed by atoms with Crippen molar-refractivity contribution in [3.05, 3.63) is 11.4 Å². The Kier molecular flexibility index (Phi) is 3.36. The number of carbonyl (C=O) groups excluding carboxylic acids is 1. The van der Waals surface area contributed by atoms with Crippen LogP contribution in [0, 0.1) is 13.8 Å². The summed E-state index contributed by atoms with van der Waals surface area (Å²) in [5, 5.41) is 10.7. The number of amides is 1. The molecule has 5 nitrogen and oxygen atoms in total. The summed E-state index contributed by atoms with van der Waals surface area (Å²) in [5.74, 6) is 0.180. The van der Waals surface area contributed by atoms with Crippen LogP contribution >= 0.6 is 0 Å². The van der Waals surface area contributed by atoms with Crippen LogP contribution in [-0.4, -0.2) is 40.1 Å². The van der Waals surface area contributed by atoms with E-state index in [2.05, 4.69) is 15.5 Å². The van der Waals surface area contributed by atoms with Gasteiger partial charge in [0.2, 0.25) is 5.91 Å². The van der Waals surface area contributed by atoms with Gasteiger partial charge in [-0.2, -0.15) is 5.10 Å². The van der Waals surface area contributed by atoms with Gasteiger partial charge in [0.25, 0.3) is 0 Å². The first-order valence-electron chi connectivity index (χ1n) is 6.11. The summed E-state index contributed by atoms with van der Waals surface area (Å²) in [4.78, 5) is 13.1. The molecule has 94 valence electrons. The SMILES string of the molecule is CC(=O)N1CCC(Nc2c(C)n[nH]c2C)CC1. The first kappa shape index (κ1) is 12.0. The molecule has 0 aliphatic carbocycles. The van der Waals surface area contributed by atoms with Gasteiger partial charge < -0.3 is 10.2 Å². The molecule has 1 aliphatic rings. The first-order valence-corrected chi connectivity index (χ1v) is 6.11. The van der Waals surface area contributed by atoms with Crippen LogP contribution in [0.25, 0.3) is 0 Å². The van der Waals surface area contributed by atoms with E-state index in [1.807, 2.05) is 18.7 Å². The number of anilines is 1. The predicted molar refractivity (Wildman–Crippen MR) is 67.0 cm³/mol. The van der Waals surface area contributed by atoms with E-state index >= 15 is 0 Å². The third-order valence-electron chi connectivity index (χ3n) is 3.42. The Bertz CT molecular complexity index is 385. The highest BCUT2D eigenvalue weighted by Gasteiger charge is 2.21. The van der Waals surface area contributed by atoms with E-state index in [1.54, 1.807) is 6.92 Å². The third kappa shape index (κ3) is 2.60. The van der Waals surface area contributed by atoms with Gasteiger partial charge >= 0.3 is 0 Å². The zero-order valence-electron chi connectivity index (χ0n) is 10.7. The summed E-state index contributed by atoms with van der Waals surface area (Å²) in [7, 11) is 0. The largest absolute Gasteiger partial charge is 0.379 e. The number of carbonyl (C=O) groups is 1. The lowest BCUT2D eigenvalue weighted by atomic mass is 10.0. The van der Waals surface area contributed by atoms with Gasteiger partial charge in [-0.15, -0.1) is 0 Å². The van der Waals surface area contributed by atoms with Gasteiger partial charge in [-0.1, -0.05) is 0 Å². The second-order valence-electron chi connectivity index (χ2n) is 4.73. The molecule has 0 aromatic carbocycles. The van der Waals surface area contributed by atoms with Crippen molar-refractivity contribution in [2.24, 2.45) is 0 Å². The number of likely N-dealkylation sites (tertiary alicyclic amines) is 1. The van der Waals surface area contributed by atoms with Crippen molar-refractivity contribution in [3.8, 4) is 0 Å². The van der Waals surface area contributed by atoms with E-state index in [-0.39, 0.29) is 5.91 Å². The van der Waals surface area contributed by atoms with E-state index < -0.39 is 0 Å². The van der Waals surface area contributed by atoms with Gasteiger partial charge in [-0.25, -0.2) is 0 Å². The number of nitrogens with one attached hydrogen (secondary N) is 2. The highest BCUT2D eigenvalue weighted by Crippen LogP contribution is 2.21. The van der Waals surface area contributed by atoms with E-state index in [0.29, 0.717) is 6.04 Å². The normalized spacial score (nSPS) is 17.2. The number of nitrogens with zero attached hydrogens (tertiary/aromatic N) is 2. The van der Waals surface area contributed by atoms with E-state index in [4.69, 9.17) is 0 Å². The summed E-state index contributed by atoms with van der Waals surface area (Å²) in [5.41, 5.74) is 3.21. The lowest BCUT2D eigenvalue weighted by molar-refractivity contribution is -0.129. The number of aryl methyl sites for hydroxylation is 2. The molecule has 1 saturated heterocycles. The van der Waals surface area contributed by atoms with Gasteiger partial charge in [0.1, 0.15) is 0 Å². The third-order valence-corrected chi connectivity index (χ3v) is 3.42. The number of hydrogen-bond donors (Lipinski definition) is 2. The molecule has 0 unspecified atom stereocenters. The van der Waals surface area contributed by atoms with Crippen molar-refractivity contribution in [1.29, 1.82) is 0 Å². The van der Waals surface area contributed by atoms with Gasteiger partial charge in [-0.3, -0.25) is 9.89 Å². The maximum absolute atomic E-state index is 11.2. The quantitative estimate of drug-likeness (QED) is 0.817. The van der Waals surface area contributed by atoms with Crippen LogP contribution in [0.2, 0.25) is 0 Å². The molecule has 1 aromatic rings. The Hall–Kier alpha value is -1.52.